The zero-order valence-electron chi connectivity index (χ0n) is 13.2. The summed E-state index contributed by atoms with van der Waals surface area (Å²) in [5.41, 5.74) is 5.31. The van der Waals surface area contributed by atoms with Crippen molar-refractivity contribution < 1.29 is 9.59 Å². The number of aromatic nitrogens is 2. The monoisotopic (exact) mass is 337 g/mol. The summed E-state index contributed by atoms with van der Waals surface area (Å²) in [6.45, 7) is 1.10. The molecular weight excluding hydrogens is 314 g/mol. The number of likely N-dealkylation sites (tertiary alicyclic amines) is 1. The summed E-state index contributed by atoms with van der Waals surface area (Å²) in [4.78, 5) is 25.1. The second kappa shape index (κ2) is 7.25. The smallest absolute Gasteiger partial charge is 0.323 e. The number of nitrogens with zero attached hydrogens (tertiary/aromatic N) is 3. The molecule has 1 aromatic heterocycles. The van der Waals surface area contributed by atoms with Crippen LogP contribution in [0.3, 0.4) is 0 Å². The van der Waals surface area contributed by atoms with E-state index in [1.807, 2.05) is 0 Å². The van der Waals surface area contributed by atoms with Crippen molar-refractivity contribution in [1.29, 1.82) is 0 Å². The average Bonchev–Trinajstić information content (AvgIpc) is 3.04. The molecule has 1 saturated heterocycles. The molecule has 0 spiro atoms. The van der Waals surface area contributed by atoms with Gasteiger partial charge in [0.1, 0.15) is 5.01 Å². The van der Waals surface area contributed by atoms with Crippen molar-refractivity contribution in [2.75, 3.05) is 18.4 Å². The normalized spacial score (nSPS) is 20.4. The van der Waals surface area contributed by atoms with Crippen molar-refractivity contribution in [2.45, 2.75) is 50.9 Å². The molecule has 2 fully saturated rings. The molecule has 1 aromatic rings. The van der Waals surface area contributed by atoms with Crippen molar-refractivity contribution in [3.05, 3.63) is 5.01 Å². The van der Waals surface area contributed by atoms with Gasteiger partial charge in [0, 0.05) is 24.9 Å². The SMILES string of the molecule is NC(=O)C1CCN(C(=O)Nc2nnc(C3CCCCC3)s2)CC1. The van der Waals surface area contributed by atoms with E-state index in [1.54, 1.807) is 4.90 Å². The highest BCUT2D eigenvalue weighted by Crippen LogP contribution is 2.35. The van der Waals surface area contributed by atoms with E-state index in [0.29, 0.717) is 37.0 Å². The van der Waals surface area contributed by atoms with Gasteiger partial charge in [0.2, 0.25) is 11.0 Å². The number of carbonyl (C=O) groups is 2. The maximum atomic E-state index is 12.3. The Bertz CT molecular complexity index is 562. The first kappa shape index (κ1) is 16.2. The Kier molecular flexibility index (Phi) is 5.09. The van der Waals surface area contributed by atoms with Crippen LogP contribution in [-0.2, 0) is 4.79 Å². The van der Waals surface area contributed by atoms with Gasteiger partial charge in [0.25, 0.3) is 0 Å². The van der Waals surface area contributed by atoms with E-state index < -0.39 is 0 Å². The summed E-state index contributed by atoms with van der Waals surface area (Å²) in [6, 6.07) is -0.167. The zero-order valence-corrected chi connectivity index (χ0v) is 14.0. The standard InChI is InChI=1S/C15H23N5O2S/c16-12(21)10-6-8-20(9-7-10)15(22)17-14-19-18-13(23-14)11-4-2-1-3-5-11/h10-11H,1-9H2,(H2,16,21)(H,17,19,22). The van der Waals surface area contributed by atoms with E-state index in [2.05, 4.69) is 15.5 Å². The molecule has 0 unspecified atom stereocenters. The number of amides is 3. The molecule has 7 nitrogen and oxygen atoms in total. The number of carbonyl (C=O) groups excluding carboxylic acids is 2. The number of primary amides is 1. The number of nitrogens with two attached hydrogens (primary N) is 1. The fourth-order valence-corrected chi connectivity index (χ4v) is 4.24. The minimum Gasteiger partial charge on any atom is -0.369 e. The third-order valence-electron chi connectivity index (χ3n) is 4.79. The Morgan fingerprint density at radius 2 is 1.78 bits per heavy atom. The van der Waals surface area contributed by atoms with E-state index in [1.165, 1.54) is 43.4 Å². The van der Waals surface area contributed by atoms with Gasteiger partial charge in [-0.25, -0.2) is 4.79 Å². The van der Waals surface area contributed by atoms with Crippen LogP contribution in [0.5, 0.6) is 0 Å². The van der Waals surface area contributed by atoms with E-state index in [9.17, 15) is 9.59 Å². The highest BCUT2D eigenvalue weighted by atomic mass is 32.1. The Morgan fingerprint density at radius 1 is 1.09 bits per heavy atom. The van der Waals surface area contributed by atoms with Gasteiger partial charge in [-0.05, 0) is 25.7 Å². The first-order valence-corrected chi connectivity index (χ1v) is 9.14. The van der Waals surface area contributed by atoms with Crippen LogP contribution in [0.15, 0.2) is 0 Å². The van der Waals surface area contributed by atoms with E-state index in [4.69, 9.17) is 5.73 Å². The van der Waals surface area contributed by atoms with Gasteiger partial charge >= 0.3 is 6.03 Å². The summed E-state index contributed by atoms with van der Waals surface area (Å²) in [5, 5.41) is 12.8. The number of anilines is 1. The maximum Gasteiger partial charge on any atom is 0.323 e. The Hall–Kier alpha value is -1.70. The summed E-state index contributed by atoms with van der Waals surface area (Å²) in [6.07, 6.45) is 7.41. The summed E-state index contributed by atoms with van der Waals surface area (Å²) >= 11 is 1.48. The van der Waals surface area contributed by atoms with Crippen LogP contribution in [0.25, 0.3) is 0 Å². The number of hydrogen-bond acceptors (Lipinski definition) is 5. The zero-order chi connectivity index (χ0) is 16.2. The predicted molar refractivity (Wildman–Crippen MR) is 88.2 cm³/mol. The number of urea groups is 1. The van der Waals surface area contributed by atoms with Gasteiger partial charge in [-0.3, -0.25) is 10.1 Å². The average molecular weight is 337 g/mol. The largest absolute Gasteiger partial charge is 0.369 e. The molecule has 3 N–H and O–H groups in total. The molecule has 1 saturated carbocycles. The molecule has 8 heteroatoms. The quantitative estimate of drug-likeness (QED) is 0.883. The van der Waals surface area contributed by atoms with Crippen LogP contribution in [0.2, 0.25) is 0 Å². The summed E-state index contributed by atoms with van der Waals surface area (Å²) < 4.78 is 0. The highest BCUT2D eigenvalue weighted by molar-refractivity contribution is 7.15. The molecule has 2 aliphatic rings. The van der Waals surface area contributed by atoms with Crippen molar-refractivity contribution in [3.63, 3.8) is 0 Å². The van der Waals surface area contributed by atoms with Crippen LogP contribution in [-0.4, -0.2) is 40.1 Å². The third-order valence-corrected chi connectivity index (χ3v) is 5.79. The molecule has 0 bridgehead atoms. The minimum atomic E-state index is -0.272. The number of nitrogens with one attached hydrogen (secondary N) is 1. The molecule has 126 valence electrons. The van der Waals surface area contributed by atoms with Gasteiger partial charge in [0.15, 0.2) is 0 Å². The minimum absolute atomic E-state index is 0.113. The van der Waals surface area contributed by atoms with Crippen molar-refractivity contribution in [3.8, 4) is 0 Å². The van der Waals surface area contributed by atoms with Crippen molar-refractivity contribution in [2.24, 2.45) is 11.7 Å². The molecule has 0 aromatic carbocycles. The van der Waals surface area contributed by atoms with Crippen LogP contribution in [0.4, 0.5) is 9.93 Å². The molecule has 2 heterocycles. The Labute approximate surface area is 139 Å². The van der Waals surface area contributed by atoms with Crippen LogP contribution in [0, 0.1) is 5.92 Å². The van der Waals surface area contributed by atoms with Gasteiger partial charge in [-0.2, -0.15) is 0 Å². The second-order valence-corrected chi connectivity index (χ2v) is 7.38. The molecule has 0 radical (unpaired) electrons. The number of hydrogen-bond donors (Lipinski definition) is 2. The van der Waals surface area contributed by atoms with Crippen LogP contribution in [0.1, 0.15) is 55.9 Å². The van der Waals surface area contributed by atoms with Gasteiger partial charge in [0.05, 0.1) is 0 Å². The lowest BCUT2D eigenvalue weighted by atomic mass is 9.90. The summed E-state index contributed by atoms with van der Waals surface area (Å²) in [7, 11) is 0. The fourth-order valence-electron chi connectivity index (χ4n) is 3.34. The Balaban J connectivity index is 1.52. The fraction of sp³-hybridized carbons (Fsp3) is 0.733. The lowest BCUT2D eigenvalue weighted by molar-refractivity contribution is -0.122. The van der Waals surface area contributed by atoms with Gasteiger partial charge in [-0.1, -0.05) is 30.6 Å². The number of piperidine rings is 1. The third kappa shape index (κ3) is 3.99. The predicted octanol–water partition coefficient (Wildman–Crippen LogP) is 2.31. The molecule has 1 aliphatic heterocycles. The number of rotatable bonds is 3. The van der Waals surface area contributed by atoms with E-state index >= 15 is 0 Å². The molecule has 23 heavy (non-hydrogen) atoms. The first-order chi connectivity index (χ1) is 11.1. The second-order valence-electron chi connectivity index (χ2n) is 6.37. The molecule has 3 amide bonds. The van der Waals surface area contributed by atoms with Crippen molar-refractivity contribution in [1.82, 2.24) is 15.1 Å². The lowest BCUT2D eigenvalue weighted by Crippen LogP contribution is -2.43. The van der Waals surface area contributed by atoms with E-state index in [0.717, 1.165) is 5.01 Å². The van der Waals surface area contributed by atoms with E-state index in [-0.39, 0.29) is 17.9 Å². The highest BCUT2D eigenvalue weighted by Gasteiger charge is 2.27. The first-order valence-electron chi connectivity index (χ1n) is 8.32. The van der Waals surface area contributed by atoms with Gasteiger partial charge in [-0.15, -0.1) is 10.2 Å². The molecular formula is C15H23N5O2S. The molecule has 1 aliphatic carbocycles. The van der Waals surface area contributed by atoms with Crippen LogP contribution < -0.4 is 11.1 Å². The topological polar surface area (TPSA) is 101 Å². The van der Waals surface area contributed by atoms with Gasteiger partial charge < -0.3 is 10.6 Å². The lowest BCUT2D eigenvalue weighted by Gasteiger charge is -2.30. The van der Waals surface area contributed by atoms with Crippen molar-refractivity contribution >= 4 is 28.4 Å². The molecule has 0 atom stereocenters. The molecule has 3 rings (SSSR count). The summed E-state index contributed by atoms with van der Waals surface area (Å²) in [5.74, 6) is 0.114. The van der Waals surface area contributed by atoms with Crippen LogP contribution >= 0.6 is 11.3 Å². The maximum absolute atomic E-state index is 12.3. The Morgan fingerprint density at radius 3 is 2.43 bits per heavy atom.